The van der Waals surface area contributed by atoms with Crippen LogP contribution in [0.2, 0.25) is 0 Å². The molecule has 0 unspecified atom stereocenters. The zero-order valence-corrected chi connectivity index (χ0v) is 19.1. The summed E-state index contributed by atoms with van der Waals surface area (Å²) in [6.07, 6.45) is 3.92. The minimum absolute atomic E-state index is 0.179. The van der Waals surface area contributed by atoms with E-state index in [1.807, 2.05) is 0 Å². The first-order valence-corrected chi connectivity index (χ1v) is 10.9. The van der Waals surface area contributed by atoms with Crippen LogP contribution >= 0.6 is 15.9 Å². The number of hydrogen-bond donors (Lipinski definition) is 3. The van der Waals surface area contributed by atoms with Crippen molar-refractivity contribution in [3.8, 4) is 11.6 Å². The Hall–Kier alpha value is -3.08. The molecule has 1 heterocycles. The fourth-order valence-electron chi connectivity index (χ4n) is 3.88. The van der Waals surface area contributed by atoms with Crippen LogP contribution in [-0.2, 0) is 11.3 Å². The van der Waals surface area contributed by atoms with Gasteiger partial charge in [0.25, 0.3) is 11.5 Å². The van der Waals surface area contributed by atoms with Crippen molar-refractivity contribution in [1.82, 2.24) is 14.5 Å². The zero-order chi connectivity index (χ0) is 23.4. The van der Waals surface area contributed by atoms with Gasteiger partial charge in [-0.25, -0.2) is 4.79 Å². The maximum atomic E-state index is 13.3. The number of aromatic nitrogens is 2. The first kappa shape index (κ1) is 23.6. The predicted molar refractivity (Wildman–Crippen MR) is 119 cm³/mol. The van der Waals surface area contributed by atoms with E-state index in [0.717, 1.165) is 28.4 Å². The molecule has 1 aliphatic rings. The van der Waals surface area contributed by atoms with Gasteiger partial charge in [-0.2, -0.15) is 0 Å². The predicted octanol–water partition coefficient (Wildman–Crippen LogP) is 1.85. The van der Waals surface area contributed by atoms with E-state index in [-0.39, 0.29) is 12.6 Å². The number of aliphatic carboxylic acids is 1. The van der Waals surface area contributed by atoms with E-state index in [4.69, 9.17) is 9.84 Å². The highest BCUT2D eigenvalue weighted by molar-refractivity contribution is 9.10. The number of rotatable bonds is 7. The van der Waals surface area contributed by atoms with Crippen LogP contribution in [0.25, 0.3) is 0 Å². The molecule has 0 saturated heterocycles. The smallest absolute Gasteiger partial charge is 0.334 e. The molecule has 1 aliphatic carbocycles. The molecule has 1 amide bonds. The number of hydrogen-bond acceptors (Lipinski definition) is 6. The number of amides is 1. The lowest BCUT2D eigenvalue weighted by molar-refractivity contribution is -0.135. The summed E-state index contributed by atoms with van der Waals surface area (Å²) in [7, 11) is 1.49. The zero-order valence-electron chi connectivity index (χ0n) is 17.5. The van der Waals surface area contributed by atoms with Crippen LogP contribution in [0.5, 0.6) is 11.6 Å². The number of benzene rings is 1. The van der Waals surface area contributed by atoms with Gasteiger partial charge in [0.15, 0.2) is 5.56 Å². The molecule has 0 radical (unpaired) electrons. The van der Waals surface area contributed by atoms with E-state index in [2.05, 4.69) is 21.2 Å². The Morgan fingerprint density at radius 1 is 1.22 bits per heavy atom. The molecular formula is C21H24BrN3O7. The Balaban J connectivity index is 2.18. The van der Waals surface area contributed by atoms with Gasteiger partial charge >= 0.3 is 11.7 Å². The molecule has 0 aliphatic heterocycles. The van der Waals surface area contributed by atoms with Gasteiger partial charge in [0.05, 0.1) is 13.7 Å². The highest BCUT2D eigenvalue weighted by atomic mass is 79.9. The first-order valence-electron chi connectivity index (χ1n) is 10.1. The summed E-state index contributed by atoms with van der Waals surface area (Å²) in [6.45, 7) is -0.913. The van der Waals surface area contributed by atoms with E-state index in [0.29, 0.717) is 28.6 Å². The van der Waals surface area contributed by atoms with Crippen molar-refractivity contribution in [2.45, 2.75) is 44.7 Å². The number of halogens is 1. The molecule has 172 valence electrons. The van der Waals surface area contributed by atoms with Crippen LogP contribution < -0.4 is 21.3 Å². The van der Waals surface area contributed by atoms with E-state index >= 15 is 0 Å². The molecule has 1 saturated carbocycles. The Labute approximate surface area is 191 Å². The van der Waals surface area contributed by atoms with Crippen LogP contribution in [-0.4, -0.2) is 44.9 Å². The number of ether oxygens (including phenoxy) is 1. The summed E-state index contributed by atoms with van der Waals surface area (Å²) in [5.41, 5.74) is -1.84. The Kier molecular flexibility index (Phi) is 7.39. The standard InChI is InChI=1S/C21H24BrN3O7/c1-32-14-7-8-15(22)12(9-14)11-24-19(29)17(18(28)23-10-16(26)27)20(30)25(21(24)31)13-5-3-2-4-6-13/h7-9,13,30H,2-6,10-11H2,1H3,(H,23,28)(H,26,27). The van der Waals surface area contributed by atoms with Crippen LogP contribution in [0.4, 0.5) is 0 Å². The van der Waals surface area contributed by atoms with Crippen molar-refractivity contribution >= 4 is 27.8 Å². The van der Waals surface area contributed by atoms with Crippen molar-refractivity contribution in [1.29, 1.82) is 0 Å². The SMILES string of the molecule is COc1ccc(Br)c(Cn2c(=O)c(C(=O)NCC(=O)O)c(O)n(C3CCCCC3)c2=O)c1. The summed E-state index contributed by atoms with van der Waals surface area (Å²) in [5.74, 6) is -2.59. The fourth-order valence-corrected chi connectivity index (χ4v) is 4.25. The van der Waals surface area contributed by atoms with Crippen molar-refractivity contribution in [3.63, 3.8) is 0 Å². The molecule has 0 spiro atoms. The van der Waals surface area contributed by atoms with E-state index < -0.39 is 41.1 Å². The second-order valence-corrected chi connectivity index (χ2v) is 8.42. The van der Waals surface area contributed by atoms with E-state index in [9.17, 15) is 24.3 Å². The third kappa shape index (κ3) is 4.87. The van der Waals surface area contributed by atoms with Crippen LogP contribution in [0.1, 0.15) is 54.1 Å². The van der Waals surface area contributed by atoms with Gasteiger partial charge in [0.1, 0.15) is 12.3 Å². The largest absolute Gasteiger partial charge is 0.497 e. The van der Waals surface area contributed by atoms with E-state index in [1.54, 1.807) is 18.2 Å². The summed E-state index contributed by atoms with van der Waals surface area (Å²) >= 11 is 3.39. The molecule has 3 rings (SSSR count). The summed E-state index contributed by atoms with van der Waals surface area (Å²) in [4.78, 5) is 49.9. The molecule has 1 fully saturated rings. The normalized spacial score (nSPS) is 14.2. The van der Waals surface area contributed by atoms with Crippen molar-refractivity contribution in [2.24, 2.45) is 0 Å². The minimum Gasteiger partial charge on any atom is -0.497 e. The molecular weight excluding hydrogens is 486 g/mol. The van der Waals surface area contributed by atoms with Gasteiger partial charge in [0.2, 0.25) is 5.88 Å². The Morgan fingerprint density at radius 3 is 2.53 bits per heavy atom. The van der Waals surface area contributed by atoms with Crippen molar-refractivity contribution < 1.29 is 24.5 Å². The highest BCUT2D eigenvalue weighted by Crippen LogP contribution is 2.30. The molecule has 3 N–H and O–H groups in total. The van der Waals surface area contributed by atoms with Crippen molar-refractivity contribution in [3.05, 3.63) is 54.6 Å². The second-order valence-electron chi connectivity index (χ2n) is 7.57. The maximum Gasteiger partial charge on any atom is 0.334 e. The maximum absolute atomic E-state index is 13.3. The van der Waals surface area contributed by atoms with Gasteiger partial charge in [-0.3, -0.25) is 23.5 Å². The third-order valence-corrected chi connectivity index (χ3v) is 6.27. The average molecular weight is 510 g/mol. The lowest BCUT2D eigenvalue weighted by atomic mass is 9.95. The average Bonchev–Trinajstić information content (AvgIpc) is 2.77. The second kappa shape index (κ2) is 10.0. The summed E-state index contributed by atoms with van der Waals surface area (Å²) < 4.78 is 7.80. The number of aromatic hydroxyl groups is 1. The topological polar surface area (TPSA) is 140 Å². The molecule has 0 atom stereocenters. The molecule has 1 aromatic heterocycles. The summed E-state index contributed by atoms with van der Waals surface area (Å²) in [5, 5.41) is 21.7. The highest BCUT2D eigenvalue weighted by Gasteiger charge is 2.29. The lowest BCUT2D eigenvalue weighted by Gasteiger charge is -2.26. The number of carbonyl (C=O) groups is 2. The number of carboxylic acid groups (broad SMARTS) is 1. The minimum atomic E-state index is -1.31. The van der Waals surface area contributed by atoms with Crippen molar-refractivity contribution in [2.75, 3.05) is 13.7 Å². The number of carbonyl (C=O) groups excluding carboxylic acids is 1. The van der Waals surface area contributed by atoms with Gasteiger partial charge in [-0.15, -0.1) is 0 Å². The number of carboxylic acids is 1. The fraction of sp³-hybridized carbons (Fsp3) is 0.429. The van der Waals surface area contributed by atoms with Gasteiger partial charge in [-0.05, 0) is 36.6 Å². The third-order valence-electron chi connectivity index (χ3n) is 5.50. The van der Waals surface area contributed by atoms with E-state index in [1.165, 1.54) is 7.11 Å². The molecule has 1 aromatic carbocycles. The molecule has 11 heteroatoms. The lowest BCUT2D eigenvalue weighted by Crippen LogP contribution is -2.46. The summed E-state index contributed by atoms with van der Waals surface area (Å²) in [6, 6.07) is 4.69. The number of nitrogens with one attached hydrogen (secondary N) is 1. The van der Waals surface area contributed by atoms with Gasteiger partial charge < -0.3 is 20.3 Å². The number of nitrogens with zero attached hydrogens (tertiary/aromatic N) is 2. The van der Waals surface area contributed by atoms with Crippen LogP contribution in [0.15, 0.2) is 32.3 Å². The molecule has 2 aromatic rings. The Morgan fingerprint density at radius 2 is 1.91 bits per heavy atom. The van der Waals surface area contributed by atoms with Gasteiger partial charge in [-0.1, -0.05) is 35.2 Å². The monoisotopic (exact) mass is 509 g/mol. The first-order chi connectivity index (χ1) is 15.2. The quantitative estimate of drug-likeness (QED) is 0.517. The van der Waals surface area contributed by atoms with Crippen LogP contribution in [0.3, 0.4) is 0 Å². The van der Waals surface area contributed by atoms with Crippen LogP contribution in [0, 0.1) is 0 Å². The van der Waals surface area contributed by atoms with Gasteiger partial charge in [0, 0.05) is 10.5 Å². The Bertz CT molecular complexity index is 1150. The molecule has 32 heavy (non-hydrogen) atoms. The molecule has 10 nitrogen and oxygen atoms in total. The number of methoxy groups -OCH3 is 1. The molecule has 0 bridgehead atoms.